The Hall–Kier alpha value is -1.88. The number of hydrogen-bond donors (Lipinski definition) is 1. The van der Waals surface area contributed by atoms with Crippen LogP contribution in [0, 0.1) is 0 Å². The van der Waals surface area contributed by atoms with Gasteiger partial charge in [0.25, 0.3) is 0 Å². The highest BCUT2D eigenvalue weighted by atomic mass is 16.2. The Morgan fingerprint density at radius 3 is 2.25 bits per heavy atom. The number of carbonyl (C=O) groups excluding carboxylic acids is 2. The van der Waals surface area contributed by atoms with E-state index < -0.39 is 0 Å². The van der Waals surface area contributed by atoms with Crippen molar-refractivity contribution in [1.82, 2.24) is 9.80 Å². The summed E-state index contributed by atoms with van der Waals surface area (Å²) in [5, 5.41) is 2.96. The van der Waals surface area contributed by atoms with Crippen LogP contribution in [0.25, 0.3) is 0 Å². The number of amides is 2. The van der Waals surface area contributed by atoms with Gasteiger partial charge in [0, 0.05) is 26.2 Å². The molecular weight excluding hydrogens is 302 g/mol. The van der Waals surface area contributed by atoms with Gasteiger partial charge in [-0.25, -0.2) is 0 Å². The highest BCUT2D eigenvalue weighted by molar-refractivity contribution is 5.92. The molecule has 5 heteroatoms. The Morgan fingerprint density at radius 2 is 1.67 bits per heavy atom. The lowest BCUT2D eigenvalue weighted by molar-refractivity contribution is -0.128. The Morgan fingerprint density at radius 1 is 1.04 bits per heavy atom. The predicted octanol–water partition coefficient (Wildman–Crippen LogP) is 2.52. The summed E-state index contributed by atoms with van der Waals surface area (Å²) in [5.74, 6) is 0.178. The first-order chi connectivity index (χ1) is 11.5. The second-order valence-corrected chi connectivity index (χ2v) is 6.72. The zero-order valence-corrected chi connectivity index (χ0v) is 14.9. The third-order valence-electron chi connectivity index (χ3n) is 4.43. The van der Waals surface area contributed by atoms with Crippen molar-refractivity contribution in [3.05, 3.63) is 29.8 Å². The Bertz CT molecular complexity index is 532. The van der Waals surface area contributed by atoms with Crippen molar-refractivity contribution in [2.24, 2.45) is 0 Å². The number of anilines is 1. The molecule has 5 nitrogen and oxygen atoms in total. The van der Waals surface area contributed by atoms with Crippen LogP contribution in [0.3, 0.4) is 0 Å². The topological polar surface area (TPSA) is 52.7 Å². The summed E-state index contributed by atoms with van der Waals surface area (Å²) in [7, 11) is 3.54. The lowest BCUT2D eigenvalue weighted by Gasteiger charge is -2.19. The highest BCUT2D eigenvalue weighted by Gasteiger charge is 2.13. The van der Waals surface area contributed by atoms with Crippen molar-refractivity contribution in [2.75, 3.05) is 39.0 Å². The van der Waals surface area contributed by atoms with E-state index in [1.54, 1.807) is 19.0 Å². The lowest BCUT2D eigenvalue weighted by Crippen LogP contribution is -2.33. The van der Waals surface area contributed by atoms with Crippen molar-refractivity contribution < 1.29 is 9.59 Å². The van der Waals surface area contributed by atoms with E-state index in [0.717, 1.165) is 30.8 Å². The molecule has 1 fully saturated rings. The summed E-state index contributed by atoms with van der Waals surface area (Å²) in [6, 6.07) is 7.78. The fourth-order valence-corrected chi connectivity index (χ4v) is 2.93. The molecule has 0 spiro atoms. The normalized spacial score (nSPS) is 15.6. The third kappa shape index (κ3) is 6.32. The number of likely N-dealkylation sites (tertiary alicyclic amines) is 1. The molecule has 2 amide bonds. The molecule has 1 aliphatic rings. The van der Waals surface area contributed by atoms with E-state index in [1.807, 2.05) is 24.3 Å². The minimum atomic E-state index is 0.0486. The van der Waals surface area contributed by atoms with Crippen molar-refractivity contribution in [3.8, 4) is 0 Å². The monoisotopic (exact) mass is 331 g/mol. The Kier molecular flexibility index (Phi) is 7.25. The van der Waals surface area contributed by atoms with Gasteiger partial charge < -0.3 is 10.2 Å². The van der Waals surface area contributed by atoms with E-state index >= 15 is 0 Å². The van der Waals surface area contributed by atoms with Crippen LogP contribution in [0.4, 0.5) is 5.69 Å². The summed E-state index contributed by atoms with van der Waals surface area (Å²) >= 11 is 0. The smallest absolute Gasteiger partial charge is 0.238 e. The zero-order chi connectivity index (χ0) is 17.4. The average Bonchev–Trinajstić information content (AvgIpc) is 2.82. The van der Waals surface area contributed by atoms with Crippen molar-refractivity contribution in [1.29, 1.82) is 0 Å². The van der Waals surface area contributed by atoms with Gasteiger partial charge in [-0.3, -0.25) is 14.5 Å². The summed E-state index contributed by atoms with van der Waals surface area (Å²) in [6.07, 6.45) is 6.15. The van der Waals surface area contributed by atoms with Gasteiger partial charge in [0.15, 0.2) is 0 Å². The van der Waals surface area contributed by atoms with Crippen LogP contribution in [0.1, 0.15) is 37.7 Å². The van der Waals surface area contributed by atoms with E-state index in [2.05, 4.69) is 10.2 Å². The molecule has 0 aromatic heterocycles. The predicted molar refractivity (Wildman–Crippen MR) is 97.0 cm³/mol. The van der Waals surface area contributed by atoms with E-state index in [1.165, 1.54) is 25.7 Å². The standard InChI is InChI=1S/C19H29N3O2/c1-21(2)19(24)12-9-16-7-10-17(11-8-16)20-18(23)15-22-13-5-3-4-6-14-22/h7-8,10-11H,3-6,9,12-15H2,1-2H3,(H,20,23). The van der Waals surface area contributed by atoms with Crippen molar-refractivity contribution in [3.63, 3.8) is 0 Å². The van der Waals surface area contributed by atoms with E-state index in [0.29, 0.717) is 13.0 Å². The first kappa shape index (κ1) is 18.5. The molecule has 1 aromatic carbocycles. The molecule has 2 rings (SSSR count). The molecule has 1 aliphatic heterocycles. The third-order valence-corrected chi connectivity index (χ3v) is 4.43. The van der Waals surface area contributed by atoms with Crippen molar-refractivity contribution >= 4 is 17.5 Å². The molecular formula is C19H29N3O2. The fraction of sp³-hybridized carbons (Fsp3) is 0.579. The van der Waals surface area contributed by atoms with Gasteiger partial charge in [0.05, 0.1) is 6.54 Å². The second kappa shape index (κ2) is 9.42. The zero-order valence-electron chi connectivity index (χ0n) is 14.9. The second-order valence-electron chi connectivity index (χ2n) is 6.72. The van der Waals surface area contributed by atoms with E-state index in [-0.39, 0.29) is 11.8 Å². The number of benzene rings is 1. The van der Waals surface area contributed by atoms with Crippen LogP contribution < -0.4 is 5.32 Å². The molecule has 24 heavy (non-hydrogen) atoms. The highest BCUT2D eigenvalue weighted by Crippen LogP contribution is 2.13. The summed E-state index contributed by atoms with van der Waals surface area (Å²) in [5.41, 5.74) is 1.92. The molecule has 0 atom stereocenters. The van der Waals surface area contributed by atoms with Crippen LogP contribution in [-0.2, 0) is 16.0 Å². The van der Waals surface area contributed by atoms with Gasteiger partial charge in [-0.2, -0.15) is 0 Å². The lowest BCUT2D eigenvalue weighted by atomic mass is 10.1. The average molecular weight is 331 g/mol. The maximum Gasteiger partial charge on any atom is 0.238 e. The molecule has 0 unspecified atom stereocenters. The number of rotatable bonds is 6. The largest absolute Gasteiger partial charge is 0.349 e. The molecule has 0 bridgehead atoms. The Balaban J connectivity index is 1.78. The van der Waals surface area contributed by atoms with Gasteiger partial charge in [-0.15, -0.1) is 0 Å². The molecule has 0 aliphatic carbocycles. The molecule has 0 saturated carbocycles. The van der Waals surface area contributed by atoms with Crippen LogP contribution >= 0.6 is 0 Å². The quantitative estimate of drug-likeness (QED) is 0.871. The molecule has 132 valence electrons. The molecule has 0 radical (unpaired) electrons. The molecule has 1 saturated heterocycles. The van der Waals surface area contributed by atoms with Crippen LogP contribution in [0.15, 0.2) is 24.3 Å². The summed E-state index contributed by atoms with van der Waals surface area (Å²) in [6.45, 7) is 2.51. The summed E-state index contributed by atoms with van der Waals surface area (Å²) < 4.78 is 0. The van der Waals surface area contributed by atoms with Gasteiger partial charge in [-0.05, 0) is 50.0 Å². The van der Waals surface area contributed by atoms with Gasteiger partial charge in [0.2, 0.25) is 11.8 Å². The van der Waals surface area contributed by atoms with Crippen molar-refractivity contribution in [2.45, 2.75) is 38.5 Å². The maximum atomic E-state index is 12.2. The number of aryl methyl sites for hydroxylation is 1. The van der Waals surface area contributed by atoms with E-state index in [4.69, 9.17) is 0 Å². The Labute approximate surface area is 145 Å². The van der Waals surface area contributed by atoms with Crippen LogP contribution in [0.5, 0.6) is 0 Å². The number of hydrogen-bond acceptors (Lipinski definition) is 3. The summed E-state index contributed by atoms with van der Waals surface area (Å²) in [4.78, 5) is 27.6. The SMILES string of the molecule is CN(C)C(=O)CCc1ccc(NC(=O)CN2CCCCCC2)cc1. The minimum Gasteiger partial charge on any atom is -0.349 e. The van der Waals surface area contributed by atoms with Crippen LogP contribution in [-0.4, -0.2) is 55.3 Å². The number of nitrogens with one attached hydrogen (secondary N) is 1. The first-order valence-corrected chi connectivity index (χ1v) is 8.86. The first-order valence-electron chi connectivity index (χ1n) is 8.86. The van der Waals surface area contributed by atoms with Gasteiger partial charge >= 0.3 is 0 Å². The minimum absolute atomic E-state index is 0.0486. The number of nitrogens with zero attached hydrogens (tertiary/aromatic N) is 2. The molecule has 1 aromatic rings. The van der Waals surface area contributed by atoms with Crippen LogP contribution in [0.2, 0.25) is 0 Å². The van der Waals surface area contributed by atoms with Gasteiger partial charge in [-0.1, -0.05) is 25.0 Å². The van der Waals surface area contributed by atoms with E-state index in [9.17, 15) is 9.59 Å². The maximum absolute atomic E-state index is 12.2. The fourth-order valence-electron chi connectivity index (χ4n) is 2.93. The molecule has 1 N–H and O–H groups in total. The molecule has 1 heterocycles. The number of carbonyl (C=O) groups is 2. The van der Waals surface area contributed by atoms with Gasteiger partial charge in [0.1, 0.15) is 0 Å².